The second kappa shape index (κ2) is 5.87. The summed E-state index contributed by atoms with van der Waals surface area (Å²) in [6.07, 6.45) is -1.19. The molecule has 0 saturated carbocycles. The molecule has 2 N–H and O–H groups in total. The number of hydrogen-bond acceptors (Lipinski definition) is 5. The van der Waals surface area contributed by atoms with E-state index in [1.54, 1.807) is 41.5 Å². The molecule has 0 unspecified atom stereocenters. The molecule has 0 fully saturated rings. The Morgan fingerprint density at radius 2 is 1.14 bits per heavy atom. The summed E-state index contributed by atoms with van der Waals surface area (Å²) in [5.74, 6) is -5.79. The number of alkyl halides is 2. The van der Waals surface area contributed by atoms with Gasteiger partial charge in [0.05, 0.1) is 6.42 Å². The van der Waals surface area contributed by atoms with Crippen LogP contribution in [0.4, 0.5) is 8.78 Å². The van der Waals surface area contributed by atoms with Crippen LogP contribution in [0.25, 0.3) is 0 Å². The van der Waals surface area contributed by atoms with Crippen LogP contribution in [0.2, 0.25) is 0 Å². The molecular weight excluding hydrogens is 284 g/mol. The predicted octanol–water partition coefficient (Wildman–Crippen LogP) is 2.41. The molecule has 0 atom stereocenters. The van der Waals surface area contributed by atoms with Crippen molar-refractivity contribution in [2.75, 3.05) is 0 Å². The molecule has 0 aromatic heterocycles. The lowest BCUT2D eigenvalue weighted by molar-refractivity contribution is -0.181. The van der Waals surface area contributed by atoms with Gasteiger partial charge in [0, 0.05) is 0 Å². The highest BCUT2D eigenvalue weighted by atomic mass is 19.3. The van der Waals surface area contributed by atoms with Gasteiger partial charge in [0.15, 0.2) is 0 Å². The third kappa shape index (κ3) is 7.36. The zero-order valence-electron chi connectivity index (χ0n) is 13.7. The highest BCUT2D eigenvalue weighted by Gasteiger charge is 2.52. The normalized spacial score (nSPS) is 13.8. The summed E-state index contributed by atoms with van der Waals surface area (Å²) in [6, 6.07) is 0. The number of carbonyl (C=O) groups is 2. The largest absolute Gasteiger partial charge is 0.458 e. The lowest BCUT2D eigenvalue weighted by atomic mass is 9.92. The molecular formula is C14H25F2NO4. The maximum Gasteiger partial charge on any atom is 0.338 e. The van der Waals surface area contributed by atoms with E-state index in [-0.39, 0.29) is 0 Å². The van der Waals surface area contributed by atoms with Crippen molar-refractivity contribution in [2.45, 2.75) is 77.6 Å². The van der Waals surface area contributed by atoms with Gasteiger partial charge < -0.3 is 15.2 Å². The lowest BCUT2D eigenvalue weighted by Crippen LogP contribution is -2.61. The minimum atomic E-state index is -3.33. The van der Waals surface area contributed by atoms with Crippen LogP contribution in [0, 0.1) is 0 Å². The van der Waals surface area contributed by atoms with Crippen LogP contribution in [0.1, 0.15) is 54.9 Å². The first-order valence-corrected chi connectivity index (χ1v) is 6.60. The fraction of sp³-hybridized carbons (Fsp3) is 0.857. The van der Waals surface area contributed by atoms with Crippen molar-refractivity contribution in [3.63, 3.8) is 0 Å². The first-order chi connectivity index (χ1) is 8.96. The molecule has 5 nitrogen and oxygen atoms in total. The van der Waals surface area contributed by atoms with Crippen molar-refractivity contribution in [1.29, 1.82) is 0 Å². The van der Waals surface area contributed by atoms with Gasteiger partial charge >= 0.3 is 11.9 Å². The Labute approximate surface area is 124 Å². The van der Waals surface area contributed by atoms with Crippen LogP contribution >= 0.6 is 0 Å². The Balaban J connectivity index is 5.48. The topological polar surface area (TPSA) is 78.6 Å². The number of nitrogens with two attached hydrogens (primary N) is 1. The van der Waals surface area contributed by atoms with E-state index in [1.807, 2.05) is 0 Å². The third-order valence-corrected chi connectivity index (χ3v) is 2.12. The summed E-state index contributed by atoms with van der Waals surface area (Å²) in [4.78, 5) is 24.2. The summed E-state index contributed by atoms with van der Waals surface area (Å²) in [5, 5.41) is 0. The van der Waals surface area contributed by atoms with Gasteiger partial charge in [-0.05, 0) is 48.5 Å². The van der Waals surface area contributed by atoms with E-state index in [9.17, 15) is 18.4 Å². The van der Waals surface area contributed by atoms with Crippen LogP contribution in [0.3, 0.4) is 0 Å². The Morgan fingerprint density at radius 3 is 1.33 bits per heavy atom. The van der Waals surface area contributed by atoms with Crippen LogP contribution < -0.4 is 5.73 Å². The Kier molecular flexibility index (Phi) is 5.52. The summed E-state index contributed by atoms with van der Waals surface area (Å²) in [5.41, 5.74) is 1.17. The van der Waals surface area contributed by atoms with Crippen molar-refractivity contribution in [1.82, 2.24) is 0 Å². The zero-order valence-corrected chi connectivity index (χ0v) is 13.7. The summed E-state index contributed by atoms with van der Waals surface area (Å²) >= 11 is 0. The number of carbonyl (C=O) groups excluding carboxylic acids is 2. The van der Waals surface area contributed by atoms with Crippen molar-refractivity contribution < 1.29 is 27.8 Å². The molecule has 0 amide bonds. The molecule has 0 rings (SSSR count). The van der Waals surface area contributed by atoms with Gasteiger partial charge in [-0.2, -0.15) is 0 Å². The molecule has 0 aromatic carbocycles. The lowest BCUT2D eigenvalue weighted by Gasteiger charge is -2.33. The van der Waals surface area contributed by atoms with Crippen LogP contribution in [0.15, 0.2) is 0 Å². The Hall–Kier alpha value is -1.24. The smallest absolute Gasteiger partial charge is 0.338 e. The average Bonchev–Trinajstić information content (AvgIpc) is 2.08. The minimum absolute atomic E-state index is 0.573. The summed E-state index contributed by atoms with van der Waals surface area (Å²) < 4.78 is 36.6. The number of esters is 2. The van der Waals surface area contributed by atoms with Gasteiger partial charge in [-0.25, -0.2) is 18.4 Å². The van der Waals surface area contributed by atoms with E-state index in [2.05, 4.69) is 0 Å². The van der Waals surface area contributed by atoms with E-state index in [4.69, 9.17) is 15.2 Å². The van der Waals surface area contributed by atoms with Crippen molar-refractivity contribution in [2.24, 2.45) is 5.73 Å². The SMILES string of the molecule is CC(F)(F)CC(N)(C(=O)OC(C)(C)C)C(=O)OC(C)(C)C. The van der Waals surface area contributed by atoms with Crippen LogP contribution in [-0.4, -0.2) is 34.6 Å². The van der Waals surface area contributed by atoms with Crippen molar-refractivity contribution in [3.05, 3.63) is 0 Å². The van der Waals surface area contributed by atoms with E-state index in [1.165, 1.54) is 0 Å². The fourth-order valence-electron chi connectivity index (χ4n) is 1.46. The molecule has 0 aliphatic rings. The molecule has 124 valence electrons. The van der Waals surface area contributed by atoms with Crippen LogP contribution in [0.5, 0.6) is 0 Å². The molecule has 0 aromatic rings. The second-order valence-electron chi connectivity index (χ2n) is 7.22. The first kappa shape index (κ1) is 19.8. The first-order valence-electron chi connectivity index (χ1n) is 6.60. The number of hydrogen-bond donors (Lipinski definition) is 1. The molecule has 0 aliphatic heterocycles. The predicted molar refractivity (Wildman–Crippen MR) is 73.8 cm³/mol. The molecule has 7 heteroatoms. The third-order valence-electron chi connectivity index (χ3n) is 2.12. The highest BCUT2D eigenvalue weighted by Crippen LogP contribution is 2.29. The van der Waals surface area contributed by atoms with Gasteiger partial charge in [-0.1, -0.05) is 0 Å². The van der Waals surface area contributed by atoms with Gasteiger partial charge in [0.2, 0.25) is 11.5 Å². The summed E-state index contributed by atoms with van der Waals surface area (Å²) in [7, 11) is 0. The molecule has 0 bridgehead atoms. The maximum absolute atomic E-state index is 13.3. The number of rotatable bonds is 4. The highest BCUT2D eigenvalue weighted by molar-refractivity contribution is 6.05. The summed E-state index contributed by atoms with van der Waals surface area (Å²) in [6.45, 7) is 9.85. The molecule has 0 radical (unpaired) electrons. The van der Waals surface area contributed by atoms with E-state index in [0.29, 0.717) is 6.92 Å². The quantitative estimate of drug-likeness (QED) is 0.637. The Bertz CT molecular complexity index is 375. The molecule has 0 spiro atoms. The standard InChI is InChI=1S/C14H25F2NO4/c1-11(2,3)20-9(18)14(17,8-13(7,15)16)10(19)21-12(4,5)6/h8,17H2,1-7H3. The maximum atomic E-state index is 13.3. The second-order valence-corrected chi connectivity index (χ2v) is 7.22. The molecule has 0 saturated heterocycles. The van der Waals surface area contributed by atoms with Gasteiger partial charge in [0.25, 0.3) is 0 Å². The zero-order chi connectivity index (χ0) is 17.3. The average molecular weight is 309 g/mol. The van der Waals surface area contributed by atoms with E-state index in [0.717, 1.165) is 0 Å². The molecule has 0 aliphatic carbocycles. The van der Waals surface area contributed by atoms with Crippen LogP contribution in [-0.2, 0) is 19.1 Å². The van der Waals surface area contributed by atoms with E-state index >= 15 is 0 Å². The van der Waals surface area contributed by atoms with Gasteiger partial charge in [0.1, 0.15) is 11.2 Å². The number of ether oxygens (including phenoxy) is 2. The monoisotopic (exact) mass is 309 g/mol. The fourth-order valence-corrected chi connectivity index (χ4v) is 1.46. The molecule has 0 heterocycles. The van der Waals surface area contributed by atoms with Crippen molar-refractivity contribution in [3.8, 4) is 0 Å². The Morgan fingerprint density at radius 1 is 0.857 bits per heavy atom. The minimum Gasteiger partial charge on any atom is -0.458 e. The van der Waals surface area contributed by atoms with Gasteiger partial charge in [-0.3, -0.25) is 0 Å². The van der Waals surface area contributed by atoms with E-state index < -0.39 is 41.0 Å². The van der Waals surface area contributed by atoms with Gasteiger partial charge in [-0.15, -0.1) is 0 Å². The number of halogens is 2. The molecule has 21 heavy (non-hydrogen) atoms. The van der Waals surface area contributed by atoms with Crippen molar-refractivity contribution >= 4 is 11.9 Å².